The molecule has 0 bridgehead atoms. The van der Waals surface area contributed by atoms with Crippen LogP contribution in [0.1, 0.15) is 21.6 Å². The quantitative estimate of drug-likeness (QED) is 0.414. The fraction of sp³-hybridized carbons (Fsp3) is 0.120. The molecule has 176 valence electrons. The third-order valence-electron chi connectivity index (χ3n) is 5.65. The first-order valence-electron chi connectivity index (χ1n) is 10.8. The first-order chi connectivity index (χ1) is 17.0. The molecule has 0 radical (unpaired) electrons. The van der Waals surface area contributed by atoms with Crippen LogP contribution in [0.3, 0.4) is 0 Å². The summed E-state index contributed by atoms with van der Waals surface area (Å²) in [7, 11) is 1.66. The number of methoxy groups -OCH3 is 1. The van der Waals surface area contributed by atoms with Crippen molar-refractivity contribution in [2.75, 3.05) is 12.0 Å². The Kier molecular flexibility index (Phi) is 5.84. The predicted octanol–water partition coefficient (Wildman–Crippen LogP) is 3.57. The molecule has 0 saturated heterocycles. The lowest BCUT2D eigenvalue weighted by Gasteiger charge is -2.17. The second kappa shape index (κ2) is 9.26. The zero-order chi connectivity index (χ0) is 24.4. The molecule has 5 aromatic rings. The smallest absolute Gasteiger partial charge is 0.269 e. The van der Waals surface area contributed by atoms with Gasteiger partial charge in [-0.1, -0.05) is 24.3 Å². The highest BCUT2D eigenvalue weighted by Crippen LogP contribution is 2.31. The SMILES string of the molecule is COc1ccccc1.NC(=O)c1cc2nc(N3Cc4ccc(F)cc4C3)cc(-c3cn[nH]c3)n2n1. The van der Waals surface area contributed by atoms with Crippen LogP contribution in [0.4, 0.5) is 10.2 Å². The Morgan fingerprint density at radius 1 is 1.09 bits per heavy atom. The van der Waals surface area contributed by atoms with E-state index < -0.39 is 5.91 Å². The molecule has 1 aliphatic heterocycles. The minimum atomic E-state index is -0.621. The number of nitrogens with two attached hydrogens (primary N) is 1. The number of hydrogen-bond donors (Lipinski definition) is 2. The molecular weight excluding hydrogens is 449 g/mol. The van der Waals surface area contributed by atoms with E-state index in [1.165, 1.54) is 6.07 Å². The number of primary amides is 1. The molecule has 0 saturated carbocycles. The summed E-state index contributed by atoms with van der Waals surface area (Å²) in [6.07, 6.45) is 3.40. The Morgan fingerprint density at radius 2 is 1.89 bits per heavy atom. The maximum atomic E-state index is 13.5. The lowest BCUT2D eigenvalue weighted by atomic mass is 10.1. The zero-order valence-corrected chi connectivity index (χ0v) is 18.9. The first kappa shape index (κ1) is 22.1. The number of para-hydroxylation sites is 1. The summed E-state index contributed by atoms with van der Waals surface area (Å²) >= 11 is 0. The van der Waals surface area contributed by atoms with Crippen molar-refractivity contribution in [3.05, 3.63) is 95.7 Å². The van der Waals surface area contributed by atoms with Gasteiger partial charge in [0, 0.05) is 37.0 Å². The number of rotatable bonds is 4. The average Bonchev–Trinajstić information content (AvgIpc) is 3.63. The van der Waals surface area contributed by atoms with Gasteiger partial charge in [-0.05, 0) is 35.4 Å². The normalized spacial score (nSPS) is 12.2. The number of H-pyrrole nitrogens is 1. The van der Waals surface area contributed by atoms with Crippen molar-refractivity contribution >= 4 is 17.4 Å². The minimum absolute atomic E-state index is 0.135. The Bertz CT molecular complexity index is 1480. The van der Waals surface area contributed by atoms with Crippen LogP contribution in [0.25, 0.3) is 16.9 Å². The number of aromatic amines is 1. The van der Waals surface area contributed by atoms with E-state index in [1.807, 2.05) is 41.3 Å². The number of nitrogens with one attached hydrogen (secondary N) is 1. The van der Waals surface area contributed by atoms with E-state index in [4.69, 9.17) is 10.5 Å². The van der Waals surface area contributed by atoms with Crippen molar-refractivity contribution < 1.29 is 13.9 Å². The van der Waals surface area contributed by atoms with E-state index >= 15 is 0 Å². The molecule has 0 spiro atoms. The summed E-state index contributed by atoms with van der Waals surface area (Å²) in [5.74, 6) is 0.739. The van der Waals surface area contributed by atoms with Gasteiger partial charge < -0.3 is 15.4 Å². The monoisotopic (exact) mass is 471 g/mol. The van der Waals surface area contributed by atoms with E-state index in [0.717, 1.165) is 28.1 Å². The molecule has 3 aromatic heterocycles. The van der Waals surface area contributed by atoms with Crippen molar-refractivity contribution in [3.63, 3.8) is 0 Å². The summed E-state index contributed by atoms with van der Waals surface area (Å²) in [5, 5.41) is 11.0. The molecule has 0 atom stereocenters. The zero-order valence-electron chi connectivity index (χ0n) is 18.9. The minimum Gasteiger partial charge on any atom is -0.497 e. The Labute approximate surface area is 200 Å². The fourth-order valence-corrected chi connectivity index (χ4v) is 3.92. The van der Waals surface area contributed by atoms with Crippen LogP contribution in [0.15, 0.2) is 73.1 Å². The van der Waals surface area contributed by atoms with Gasteiger partial charge in [-0.15, -0.1) is 0 Å². The molecule has 2 aromatic carbocycles. The number of halogens is 1. The van der Waals surface area contributed by atoms with Crippen LogP contribution in [-0.2, 0) is 13.1 Å². The number of fused-ring (bicyclic) bond motifs is 2. The average molecular weight is 471 g/mol. The second-order valence-electron chi connectivity index (χ2n) is 7.94. The van der Waals surface area contributed by atoms with Crippen LogP contribution in [0, 0.1) is 5.82 Å². The highest BCUT2D eigenvalue weighted by Gasteiger charge is 2.23. The van der Waals surface area contributed by atoms with E-state index in [2.05, 4.69) is 20.3 Å². The molecule has 10 heteroatoms. The van der Waals surface area contributed by atoms with Crippen LogP contribution in [0.5, 0.6) is 5.75 Å². The van der Waals surface area contributed by atoms with Crippen molar-refractivity contribution in [2.24, 2.45) is 5.73 Å². The number of aromatic nitrogens is 5. The summed E-state index contributed by atoms with van der Waals surface area (Å²) in [4.78, 5) is 18.2. The number of benzene rings is 2. The number of carbonyl (C=O) groups is 1. The van der Waals surface area contributed by atoms with Gasteiger partial charge in [-0.3, -0.25) is 9.89 Å². The van der Waals surface area contributed by atoms with Gasteiger partial charge in [0.25, 0.3) is 5.91 Å². The molecule has 9 nitrogen and oxygen atoms in total. The number of nitrogens with zero attached hydrogens (tertiary/aromatic N) is 5. The lowest BCUT2D eigenvalue weighted by Crippen LogP contribution is -2.17. The molecule has 0 unspecified atom stereocenters. The molecule has 0 fully saturated rings. The summed E-state index contributed by atoms with van der Waals surface area (Å²) < 4.78 is 20.0. The number of anilines is 1. The maximum absolute atomic E-state index is 13.5. The van der Waals surface area contributed by atoms with Crippen molar-refractivity contribution in [2.45, 2.75) is 13.1 Å². The summed E-state index contributed by atoms with van der Waals surface area (Å²) in [5.41, 5.74) is 9.53. The van der Waals surface area contributed by atoms with Crippen molar-refractivity contribution in [1.29, 1.82) is 0 Å². The van der Waals surface area contributed by atoms with Gasteiger partial charge in [-0.2, -0.15) is 10.2 Å². The molecular formula is C25H22FN7O2. The van der Waals surface area contributed by atoms with E-state index in [0.29, 0.717) is 24.6 Å². The predicted molar refractivity (Wildman–Crippen MR) is 128 cm³/mol. The number of carbonyl (C=O) groups excluding carboxylic acids is 1. The highest BCUT2D eigenvalue weighted by molar-refractivity contribution is 5.92. The molecule has 0 aliphatic carbocycles. The summed E-state index contributed by atoms with van der Waals surface area (Å²) in [6.45, 7) is 1.18. The third kappa shape index (κ3) is 4.54. The lowest BCUT2D eigenvalue weighted by molar-refractivity contribution is 0.0995. The van der Waals surface area contributed by atoms with Crippen LogP contribution in [-0.4, -0.2) is 37.8 Å². The van der Waals surface area contributed by atoms with Crippen LogP contribution >= 0.6 is 0 Å². The molecule has 6 rings (SSSR count). The van der Waals surface area contributed by atoms with Crippen LogP contribution in [0.2, 0.25) is 0 Å². The second-order valence-corrected chi connectivity index (χ2v) is 7.94. The molecule has 3 N–H and O–H groups in total. The number of amides is 1. The number of ether oxygens (including phenoxy) is 1. The van der Waals surface area contributed by atoms with Gasteiger partial charge in [0.05, 0.1) is 19.0 Å². The molecule has 35 heavy (non-hydrogen) atoms. The Balaban J connectivity index is 0.000000271. The standard InChI is InChI=1S/C18H14FN7O.C7H8O/c19-13-2-1-10-8-25(9-11(10)3-13)16-5-15(12-6-21-22-7-12)26-17(23-16)4-14(24-26)18(20)27;1-8-7-5-3-2-4-6-7/h1-7H,8-9H2,(H2,20,27)(H,21,22);2-6H,1H3. The van der Waals surface area contributed by atoms with Gasteiger partial charge in [0.2, 0.25) is 0 Å². The molecule has 1 amide bonds. The van der Waals surface area contributed by atoms with E-state index in [9.17, 15) is 9.18 Å². The largest absolute Gasteiger partial charge is 0.497 e. The first-order valence-corrected chi connectivity index (χ1v) is 10.8. The fourth-order valence-electron chi connectivity index (χ4n) is 3.92. The van der Waals surface area contributed by atoms with Gasteiger partial charge in [0.15, 0.2) is 11.3 Å². The van der Waals surface area contributed by atoms with Gasteiger partial charge in [-0.25, -0.2) is 13.9 Å². The highest BCUT2D eigenvalue weighted by atomic mass is 19.1. The van der Waals surface area contributed by atoms with Crippen LogP contribution < -0.4 is 15.4 Å². The Hall–Kier alpha value is -4.73. The Morgan fingerprint density at radius 3 is 2.57 bits per heavy atom. The number of hydrogen-bond acceptors (Lipinski definition) is 6. The van der Waals surface area contributed by atoms with Gasteiger partial charge >= 0.3 is 0 Å². The van der Waals surface area contributed by atoms with Crippen molar-refractivity contribution in [3.8, 4) is 17.0 Å². The summed E-state index contributed by atoms with van der Waals surface area (Å²) in [6, 6.07) is 17.9. The molecule has 1 aliphatic rings. The molecule has 4 heterocycles. The van der Waals surface area contributed by atoms with Gasteiger partial charge in [0.1, 0.15) is 17.4 Å². The van der Waals surface area contributed by atoms with E-state index in [1.54, 1.807) is 42.2 Å². The van der Waals surface area contributed by atoms with Crippen molar-refractivity contribution in [1.82, 2.24) is 24.8 Å². The maximum Gasteiger partial charge on any atom is 0.269 e. The third-order valence-corrected chi connectivity index (χ3v) is 5.65. The van der Waals surface area contributed by atoms with E-state index in [-0.39, 0.29) is 11.5 Å². The topological polar surface area (TPSA) is 114 Å².